The van der Waals surface area contributed by atoms with Crippen LogP contribution in [-0.2, 0) is 14.2 Å². The molecule has 8 heteroatoms. The number of carbonyl (C=O) groups excluding carboxylic acids is 3. The summed E-state index contributed by atoms with van der Waals surface area (Å²) in [6.07, 6.45) is 0.526. The largest absolute Gasteiger partial charge is 0.465 e. The predicted molar refractivity (Wildman–Crippen MR) is 140 cm³/mol. The molecule has 8 nitrogen and oxygen atoms in total. The van der Waals surface area contributed by atoms with E-state index >= 15 is 0 Å². The molecule has 1 unspecified atom stereocenters. The van der Waals surface area contributed by atoms with Gasteiger partial charge in [-0.3, -0.25) is 9.69 Å². The monoisotopic (exact) mass is 498 g/mol. The molecule has 0 saturated heterocycles. The van der Waals surface area contributed by atoms with Gasteiger partial charge >= 0.3 is 12.1 Å². The smallest absolute Gasteiger partial charge is 0.414 e. The number of hydrogen-bond donors (Lipinski definition) is 1. The van der Waals surface area contributed by atoms with Crippen molar-refractivity contribution in [3.05, 3.63) is 65.2 Å². The lowest BCUT2D eigenvalue weighted by molar-refractivity contribution is 0.0560. The van der Waals surface area contributed by atoms with E-state index < -0.39 is 17.7 Å². The first-order chi connectivity index (χ1) is 17.1. The highest BCUT2D eigenvalue weighted by Gasteiger charge is 2.23. The maximum absolute atomic E-state index is 12.8. The third-order valence-corrected chi connectivity index (χ3v) is 5.56. The summed E-state index contributed by atoms with van der Waals surface area (Å²) in [7, 11) is 1.31. The summed E-state index contributed by atoms with van der Waals surface area (Å²) < 4.78 is 15.9. The molecule has 2 aromatic carbocycles. The Kier molecular flexibility index (Phi) is 10.9. The number of esters is 1. The average Bonchev–Trinajstić information content (AvgIpc) is 2.86. The molecule has 2 amide bonds. The summed E-state index contributed by atoms with van der Waals surface area (Å²) in [5.74, 6) is -0.154. The van der Waals surface area contributed by atoms with Crippen molar-refractivity contribution >= 4 is 23.7 Å². The lowest BCUT2D eigenvalue weighted by Crippen LogP contribution is -2.39. The molecule has 0 aliphatic heterocycles. The van der Waals surface area contributed by atoms with Crippen LogP contribution in [0, 0.1) is 0 Å². The zero-order chi connectivity index (χ0) is 26.7. The first-order valence-electron chi connectivity index (χ1n) is 12.2. The van der Waals surface area contributed by atoms with Crippen molar-refractivity contribution in [3.63, 3.8) is 0 Å². The Labute approximate surface area is 213 Å². The summed E-state index contributed by atoms with van der Waals surface area (Å²) in [5, 5.41) is 2.84. The number of nitrogens with one attached hydrogen (secondary N) is 1. The van der Waals surface area contributed by atoms with Crippen LogP contribution in [0.2, 0.25) is 0 Å². The van der Waals surface area contributed by atoms with Gasteiger partial charge in [0.25, 0.3) is 5.91 Å². The van der Waals surface area contributed by atoms with Crippen molar-refractivity contribution in [3.8, 4) is 0 Å². The van der Waals surface area contributed by atoms with E-state index in [-0.39, 0.29) is 19.1 Å². The summed E-state index contributed by atoms with van der Waals surface area (Å²) >= 11 is 0. The molecule has 0 spiro atoms. The van der Waals surface area contributed by atoms with Crippen LogP contribution in [0.15, 0.2) is 48.5 Å². The van der Waals surface area contributed by atoms with Gasteiger partial charge in [-0.2, -0.15) is 0 Å². The zero-order valence-electron chi connectivity index (χ0n) is 22.1. The van der Waals surface area contributed by atoms with E-state index in [1.165, 1.54) is 17.6 Å². The number of carbonyl (C=O) groups is 3. The first kappa shape index (κ1) is 28.8. The van der Waals surface area contributed by atoms with Crippen LogP contribution in [-0.4, -0.2) is 57.0 Å². The molecule has 0 aliphatic carbocycles. The molecule has 196 valence electrons. The molecule has 1 N–H and O–H groups in total. The molecular weight excluding hydrogens is 460 g/mol. The van der Waals surface area contributed by atoms with Gasteiger partial charge in [-0.15, -0.1) is 0 Å². The number of rotatable bonds is 11. The summed E-state index contributed by atoms with van der Waals surface area (Å²) in [6, 6.07) is 14.1. The Balaban J connectivity index is 1.87. The van der Waals surface area contributed by atoms with Crippen LogP contribution in [0.5, 0.6) is 0 Å². The first-order valence-corrected chi connectivity index (χ1v) is 12.2. The Morgan fingerprint density at radius 1 is 0.944 bits per heavy atom. The highest BCUT2D eigenvalue weighted by atomic mass is 16.6. The number of hydrogen-bond acceptors (Lipinski definition) is 6. The molecular formula is C28H38N2O6. The average molecular weight is 499 g/mol. The zero-order valence-corrected chi connectivity index (χ0v) is 22.1. The third-order valence-electron chi connectivity index (χ3n) is 5.56. The lowest BCUT2D eigenvalue weighted by Gasteiger charge is -2.27. The van der Waals surface area contributed by atoms with Crippen molar-refractivity contribution in [2.24, 2.45) is 0 Å². The van der Waals surface area contributed by atoms with Gasteiger partial charge in [-0.05, 0) is 75.1 Å². The van der Waals surface area contributed by atoms with Gasteiger partial charge in [-0.1, -0.05) is 26.0 Å². The number of anilines is 1. The predicted octanol–water partition coefficient (Wildman–Crippen LogP) is 5.17. The van der Waals surface area contributed by atoms with Crippen LogP contribution in [0.1, 0.15) is 73.2 Å². The molecule has 0 radical (unpaired) electrons. The maximum Gasteiger partial charge on any atom is 0.414 e. The molecule has 0 fully saturated rings. The SMILES string of the molecule is CCC(C)c1ccc(C(=O)NCCOCCN(C(=O)OC(C)(C)C)c2ccc(C(=O)OC)cc2)cc1. The Morgan fingerprint density at radius 2 is 1.56 bits per heavy atom. The minimum absolute atomic E-state index is 0.157. The van der Waals surface area contributed by atoms with Crippen molar-refractivity contribution in [1.82, 2.24) is 5.32 Å². The van der Waals surface area contributed by atoms with Crippen LogP contribution in [0.3, 0.4) is 0 Å². The van der Waals surface area contributed by atoms with E-state index in [0.717, 1.165) is 6.42 Å². The molecule has 0 aliphatic rings. The van der Waals surface area contributed by atoms with Crippen LogP contribution in [0.25, 0.3) is 0 Å². The van der Waals surface area contributed by atoms with Crippen molar-refractivity contribution < 1.29 is 28.6 Å². The minimum atomic E-state index is -0.667. The maximum atomic E-state index is 12.8. The van der Waals surface area contributed by atoms with E-state index in [0.29, 0.717) is 35.9 Å². The van der Waals surface area contributed by atoms with Gasteiger partial charge in [0.05, 0.1) is 32.4 Å². The van der Waals surface area contributed by atoms with Crippen molar-refractivity contribution in [1.29, 1.82) is 0 Å². The summed E-state index contributed by atoms with van der Waals surface area (Å²) in [5.41, 5.74) is 2.10. The molecule has 0 bridgehead atoms. The van der Waals surface area contributed by atoms with Crippen molar-refractivity contribution in [2.75, 3.05) is 38.3 Å². The second-order valence-corrected chi connectivity index (χ2v) is 9.47. The number of methoxy groups -OCH3 is 1. The van der Waals surface area contributed by atoms with E-state index in [1.54, 1.807) is 45.0 Å². The second-order valence-electron chi connectivity index (χ2n) is 9.47. The molecule has 1 atom stereocenters. The minimum Gasteiger partial charge on any atom is -0.465 e. The van der Waals surface area contributed by atoms with Gasteiger partial charge in [0.1, 0.15) is 5.60 Å². The van der Waals surface area contributed by atoms with Gasteiger partial charge in [0.15, 0.2) is 0 Å². The molecule has 0 aromatic heterocycles. The van der Waals surface area contributed by atoms with E-state index in [1.807, 2.05) is 24.3 Å². The summed E-state index contributed by atoms with van der Waals surface area (Å²) in [6.45, 7) is 10.8. The van der Waals surface area contributed by atoms with Crippen LogP contribution in [0.4, 0.5) is 10.5 Å². The Bertz CT molecular complexity index is 996. The van der Waals surface area contributed by atoms with Crippen LogP contribution < -0.4 is 10.2 Å². The van der Waals surface area contributed by atoms with Crippen LogP contribution >= 0.6 is 0 Å². The fraction of sp³-hybridized carbons (Fsp3) is 0.464. The third kappa shape index (κ3) is 9.00. The highest BCUT2D eigenvalue weighted by molar-refractivity contribution is 5.94. The fourth-order valence-electron chi connectivity index (χ4n) is 3.33. The molecule has 2 aromatic rings. The van der Waals surface area contributed by atoms with Gasteiger partial charge in [0.2, 0.25) is 0 Å². The van der Waals surface area contributed by atoms with E-state index in [4.69, 9.17) is 14.2 Å². The number of benzene rings is 2. The second kappa shape index (κ2) is 13.6. The standard InChI is InChI=1S/C28H38N2O6/c1-7-20(2)21-8-10-22(11-9-21)25(31)29-16-18-35-19-17-30(27(33)36-28(3,4)5)24-14-12-23(13-15-24)26(32)34-6/h8-15,20H,7,16-19H2,1-6H3,(H,29,31). The highest BCUT2D eigenvalue weighted by Crippen LogP contribution is 2.20. The molecule has 0 heterocycles. The van der Waals surface area contributed by atoms with Gasteiger partial charge in [-0.25, -0.2) is 9.59 Å². The fourth-order valence-corrected chi connectivity index (χ4v) is 3.33. The number of nitrogens with zero attached hydrogens (tertiary/aromatic N) is 1. The van der Waals surface area contributed by atoms with Gasteiger partial charge < -0.3 is 19.5 Å². The summed E-state index contributed by atoms with van der Waals surface area (Å²) in [4.78, 5) is 38.3. The Morgan fingerprint density at radius 3 is 2.11 bits per heavy atom. The lowest BCUT2D eigenvalue weighted by atomic mass is 9.97. The van der Waals surface area contributed by atoms with Gasteiger partial charge in [0, 0.05) is 17.8 Å². The number of amides is 2. The van der Waals surface area contributed by atoms with Crippen molar-refractivity contribution in [2.45, 2.75) is 52.6 Å². The topological polar surface area (TPSA) is 94.2 Å². The molecule has 2 rings (SSSR count). The molecule has 36 heavy (non-hydrogen) atoms. The quantitative estimate of drug-likeness (QED) is 0.339. The number of ether oxygens (including phenoxy) is 3. The Hall–Kier alpha value is -3.39. The normalized spacial score (nSPS) is 11.9. The van der Waals surface area contributed by atoms with E-state index in [9.17, 15) is 14.4 Å². The molecule has 0 saturated carbocycles. The van der Waals surface area contributed by atoms with E-state index in [2.05, 4.69) is 19.2 Å².